The zero-order valence-electron chi connectivity index (χ0n) is 11.6. The van der Waals surface area contributed by atoms with Crippen LogP contribution in [0.1, 0.15) is 66.2 Å². The van der Waals surface area contributed by atoms with Crippen molar-refractivity contribution in [3.63, 3.8) is 0 Å². The largest absolute Gasteiger partial charge is 0.0625 e. The van der Waals surface area contributed by atoms with E-state index in [1.165, 1.54) is 38.5 Å². The molecule has 5 atom stereocenters. The summed E-state index contributed by atoms with van der Waals surface area (Å²) in [5.74, 6) is 6.68. The predicted octanol–water partition coefficient (Wildman–Crippen LogP) is 5.09. The summed E-state index contributed by atoms with van der Waals surface area (Å²) in [6, 6.07) is 0. The normalized spacial score (nSPS) is 46.9. The number of hydrogen-bond acceptors (Lipinski definition) is 0. The van der Waals surface area contributed by atoms with Gasteiger partial charge in [0.25, 0.3) is 0 Å². The average molecular weight is 221 g/mol. The van der Waals surface area contributed by atoms with Gasteiger partial charge in [0.05, 0.1) is 0 Å². The first-order valence-corrected chi connectivity index (χ1v) is 7.45. The van der Waals surface area contributed by atoms with E-state index in [9.17, 15) is 0 Å². The Labute approximate surface area is 102 Å². The summed E-state index contributed by atoms with van der Waals surface area (Å²) in [7, 11) is 0. The SMILES string of the molecule is CC1CC[C](C2CCCC(C)C2C)C(C)C1. The maximum Gasteiger partial charge on any atom is -0.0179 e. The minimum Gasteiger partial charge on any atom is -0.0625 e. The zero-order valence-corrected chi connectivity index (χ0v) is 11.6. The van der Waals surface area contributed by atoms with Gasteiger partial charge in [-0.2, -0.15) is 0 Å². The summed E-state index contributed by atoms with van der Waals surface area (Å²) >= 11 is 0. The van der Waals surface area contributed by atoms with Crippen molar-refractivity contribution in [2.75, 3.05) is 0 Å². The van der Waals surface area contributed by atoms with Crippen molar-refractivity contribution < 1.29 is 0 Å². The smallest absolute Gasteiger partial charge is 0.0179 e. The van der Waals surface area contributed by atoms with Crippen molar-refractivity contribution in [1.82, 2.24) is 0 Å². The standard InChI is InChI=1S/C16H29/c1-11-8-9-15(13(3)10-11)16-7-5-6-12(2)14(16)4/h11-14,16H,5-10H2,1-4H3. The molecule has 5 unspecified atom stereocenters. The second-order valence-corrected chi connectivity index (χ2v) is 6.73. The molecular weight excluding hydrogens is 192 g/mol. The average Bonchev–Trinajstić information content (AvgIpc) is 2.23. The van der Waals surface area contributed by atoms with Gasteiger partial charge in [0.1, 0.15) is 0 Å². The minimum absolute atomic E-state index is 0.904. The lowest BCUT2D eigenvalue weighted by molar-refractivity contribution is 0.150. The molecule has 0 heteroatoms. The highest BCUT2D eigenvalue weighted by Gasteiger charge is 2.37. The van der Waals surface area contributed by atoms with Crippen LogP contribution in [0.4, 0.5) is 0 Å². The monoisotopic (exact) mass is 221 g/mol. The molecule has 0 aromatic carbocycles. The maximum absolute atomic E-state index is 2.51. The van der Waals surface area contributed by atoms with E-state index in [-0.39, 0.29) is 0 Å². The molecule has 0 saturated heterocycles. The van der Waals surface area contributed by atoms with E-state index >= 15 is 0 Å². The van der Waals surface area contributed by atoms with Gasteiger partial charge in [-0.1, -0.05) is 47.0 Å². The second kappa shape index (κ2) is 5.10. The molecule has 2 rings (SSSR count). The Bertz CT molecular complexity index is 220. The van der Waals surface area contributed by atoms with E-state index < -0.39 is 0 Å². The number of rotatable bonds is 1. The van der Waals surface area contributed by atoms with E-state index in [0.29, 0.717) is 0 Å². The van der Waals surface area contributed by atoms with Gasteiger partial charge in [0.15, 0.2) is 0 Å². The first-order valence-electron chi connectivity index (χ1n) is 7.45. The van der Waals surface area contributed by atoms with Gasteiger partial charge in [0, 0.05) is 0 Å². The lowest BCUT2D eigenvalue weighted by atomic mass is 9.61. The Morgan fingerprint density at radius 2 is 1.69 bits per heavy atom. The molecule has 2 aliphatic rings. The maximum atomic E-state index is 2.51. The van der Waals surface area contributed by atoms with E-state index in [1.54, 1.807) is 0 Å². The molecule has 0 aliphatic heterocycles. The Morgan fingerprint density at radius 3 is 2.38 bits per heavy atom. The van der Waals surface area contributed by atoms with Crippen LogP contribution in [0.3, 0.4) is 0 Å². The summed E-state index contributed by atoms with van der Waals surface area (Å²) in [4.78, 5) is 0. The van der Waals surface area contributed by atoms with E-state index in [0.717, 1.165) is 29.6 Å². The lowest BCUT2D eigenvalue weighted by Gasteiger charge is -2.44. The van der Waals surface area contributed by atoms with Crippen LogP contribution in [0.15, 0.2) is 0 Å². The molecule has 0 spiro atoms. The van der Waals surface area contributed by atoms with Crippen molar-refractivity contribution >= 4 is 0 Å². The summed E-state index contributed by atoms with van der Waals surface area (Å²) < 4.78 is 0. The van der Waals surface area contributed by atoms with Crippen molar-refractivity contribution in [2.45, 2.75) is 66.2 Å². The predicted molar refractivity (Wildman–Crippen MR) is 71.1 cm³/mol. The van der Waals surface area contributed by atoms with Crippen LogP contribution in [0, 0.1) is 35.5 Å². The Kier molecular flexibility index (Phi) is 3.97. The van der Waals surface area contributed by atoms with Crippen LogP contribution < -0.4 is 0 Å². The zero-order chi connectivity index (χ0) is 11.7. The molecule has 16 heavy (non-hydrogen) atoms. The lowest BCUT2D eigenvalue weighted by Crippen LogP contribution is -2.34. The fourth-order valence-corrected chi connectivity index (χ4v) is 4.19. The molecule has 2 fully saturated rings. The molecule has 0 heterocycles. The molecule has 0 aromatic heterocycles. The molecule has 0 nitrogen and oxygen atoms in total. The molecule has 0 amide bonds. The van der Waals surface area contributed by atoms with Gasteiger partial charge in [-0.05, 0) is 54.8 Å². The highest BCUT2D eigenvalue weighted by Crippen LogP contribution is 2.48. The quantitative estimate of drug-likeness (QED) is 0.578. The summed E-state index contributed by atoms with van der Waals surface area (Å²) in [5, 5.41) is 0. The van der Waals surface area contributed by atoms with Crippen molar-refractivity contribution in [3.8, 4) is 0 Å². The molecule has 2 aliphatic carbocycles. The van der Waals surface area contributed by atoms with Gasteiger partial charge in [-0.25, -0.2) is 0 Å². The molecule has 1 radical (unpaired) electrons. The summed E-state index contributed by atoms with van der Waals surface area (Å²) in [5.41, 5.74) is 0. The van der Waals surface area contributed by atoms with E-state index in [1.807, 2.05) is 5.92 Å². The second-order valence-electron chi connectivity index (χ2n) is 6.73. The van der Waals surface area contributed by atoms with Crippen LogP contribution in [0.2, 0.25) is 0 Å². The third-order valence-corrected chi connectivity index (χ3v) is 5.50. The van der Waals surface area contributed by atoms with Crippen molar-refractivity contribution in [1.29, 1.82) is 0 Å². The molecule has 0 bridgehead atoms. The van der Waals surface area contributed by atoms with Gasteiger partial charge in [-0.15, -0.1) is 0 Å². The minimum atomic E-state index is 0.904. The molecule has 2 saturated carbocycles. The number of hydrogen-bond donors (Lipinski definition) is 0. The molecular formula is C16H29. The first kappa shape index (κ1) is 12.5. The van der Waals surface area contributed by atoms with Gasteiger partial charge in [0.2, 0.25) is 0 Å². The van der Waals surface area contributed by atoms with Gasteiger partial charge in [-0.3, -0.25) is 0 Å². The fraction of sp³-hybridized carbons (Fsp3) is 0.938. The highest BCUT2D eigenvalue weighted by molar-refractivity contribution is 5.06. The Balaban J connectivity index is 2.00. The first-order chi connectivity index (χ1) is 7.59. The van der Waals surface area contributed by atoms with Crippen LogP contribution in [0.25, 0.3) is 0 Å². The van der Waals surface area contributed by atoms with Crippen LogP contribution >= 0.6 is 0 Å². The van der Waals surface area contributed by atoms with E-state index in [2.05, 4.69) is 27.7 Å². The Morgan fingerprint density at radius 1 is 0.938 bits per heavy atom. The van der Waals surface area contributed by atoms with Gasteiger partial charge < -0.3 is 0 Å². The van der Waals surface area contributed by atoms with Crippen LogP contribution in [0.5, 0.6) is 0 Å². The molecule has 0 N–H and O–H groups in total. The van der Waals surface area contributed by atoms with Crippen molar-refractivity contribution in [3.05, 3.63) is 5.92 Å². The van der Waals surface area contributed by atoms with Crippen LogP contribution in [-0.4, -0.2) is 0 Å². The third-order valence-electron chi connectivity index (χ3n) is 5.50. The highest BCUT2D eigenvalue weighted by atomic mass is 14.4. The third kappa shape index (κ3) is 2.46. The molecule has 93 valence electrons. The summed E-state index contributed by atoms with van der Waals surface area (Å²) in [6.45, 7) is 9.89. The Hall–Kier alpha value is 0. The van der Waals surface area contributed by atoms with E-state index in [4.69, 9.17) is 0 Å². The fourth-order valence-electron chi connectivity index (χ4n) is 4.19. The van der Waals surface area contributed by atoms with Crippen molar-refractivity contribution in [2.24, 2.45) is 29.6 Å². The van der Waals surface area contributed by atoms with Gasteiger partial charge >= 0.3 is 0 Å². The summed E-state index contributed by atoms with van der Waals surface area (Å²) in [6.07, 6.45) is 8.77. The topological polar surface area (TPSA) is 0 Å². The molecule has 0 aromatic rings. The van der Waals surface area contributed by atoms with Crippen LogP contribution in [-0.2, 0) is 0 Å².